The molecular weight excluding hydrogens is 168 g/mol. The van der Waals surface area contributed by atoms with Crippen LogP contribution in [0.25, 0.3) is 6.08 Å². The summed E-state index contributed by atoms with van der Waals surface area (Å²) in [5.74, 6) is 1.50. The molecule has 1 unspecified atom stereocenters. The number of benzene rings is 1. The minimum Gasteiger partial charge on any atom is -0.0985 e. The number of hydrogen-bond acceptors (Lipinski definition) is 0. The van der Waals surface area contributed by atoms with Crippen LogP contribution in [0.2, 0.25) is 0 Å². The molecule has 0 heterocycles. The fourth-order valence-electron chi connectivity index (χ4n) is 1.45. The van der Waals surface area contributed by atoms with Gasteiger partial charge in [-0.1, -0.05) is 57.7 Å². The van der Waals surface area contributed by atoms with Crippen molar-refractivity contribution < 1.29 is 0 Å². The van der Waals surface area contributed by atoms with E-state index >= 15 is 0 Å². The van der Waals surface area contributed by atoms with Crippen LogP contribution in [0.3, 0.4) is 0 Å². The quantitative estimate of drug-likeness (QED) is 0.665. The summed E-state index contributed by atoms with van der Waals surface area (Å²) in [6, 6.07) is 8.63. The van der Waals surface area contributed by atoms with Crippen molar-refractivity contribution in [1.82, 2.24) is 0 Å². The normalized spacial score (nSPS) is 12.9. The van der Waals surface area contributed by atoms with Gasteiger partial charge in [-0.2, -0.15) is 0 Å². The first-order chi connectivity index (χ1) is 6.63. The first-order valence-corrected chi connectivity index (χ1v) is 5.35. The molecule has 0 radical (unpaired) electrons. The van der Waals surface area contributed by atoms with Crippen molar-refractivity contribution in [2.45, 2.75) is 27.2 Å². The standard InChI is InChI=1S/C14H20/c1-5-13-7-6-8-14(10-13)9-12(4)11(2)3/h5-8,10-12H,1,9H2,2-4H3. The van der Waals surface area contributed by atoms with E-state index in [-0.39, 0.29) is 0 Å². The van der Waals surface area contributed by atoms with Crippen LogP contribution in [0.1, 0.15) is 31.9 Å². The molecule has 0 bridgehead atoms. The van der Waals surface area contributed by atoms with Crippen molar-refractivity contribution in [2.24, 2.45) is 11.8 Å². The predicted octanol–water partition coefficient (Wildman–Crippen LogP) is 4.16. The smallest absolute Gasteiger partial charge is 0.0250 e. The summed E-state index contributed by atoms with van der Waals surface area (Å²) in [5.41, 5.74) is 2.64. The average molecular weight is 188 g/mol. The Hall–Kier alpha value is -1.04. The Kier molecular flexibility index (Phi) is 3.94. The van der Waals surface area contributed by atoms with Crippen molar-refractivity contribution in [3.8, 4) is 0 Å². The van der Waals surface area contributed by atoms with Gasteiger partial charge < -0.3 is 0 Å². The van der Waals surface area contributed by atoms with Crippen molar-refractivity contribution in [1.29, 1.82) is 0 Å². The van der Waals surface area contributed by atoms with Crippen LogP contribution >= 0.6 is 0 Å². The van der Waals surface area contributed by atoms with Gasteiger partial charge in [-0.25, -0.2) is 0 Å². The van der Waals surface area contributed by atoms with Crippen molar-refractivity contribution >= 4 is 6.08 Å². The van der Waals surface area contributed by atoms with E-state index in [1.165, 1.54) is 17.5 Å². The lowest BCUT2D eigenvalue weighted by atomic mass is 9.90. The first kappa shape index (κ1) is 11.0. The highest BCUT2D eigenvalue weighted by atomic mass is 14.1. The Morgan fingerprint density at radius 1 is 1.29 bits per heavy atom. The van der Waals surface area contributed by atoms with Crippen LogP contribution in [0.15, 0.2) is 30.8 Å². The van der Waals surface area contributed by atoms with Gasteiger partial charge in [0.15, 0.2) is 0 Å². The van der Waals surface area contributed by atoms with Crippen LogP contribution in [0, 0.1) is 11.8 Å². The van der Waals surface area contributed by atoms with Gasteiger partial charge >= 0.3 is 0 Å². The van der Waals surface area contributed by atoms with Gasteiger partial charge in [0.05, 0.1) is 0 Å². The number of hydrogen-bond donors (Lipinski definition) is 0. The summed E-state index contributed by atoms with van der Waals surface area (Å²) < 4.78 is 0. The minimum atomic E-state index is 0.745. The minimum absolute atomic E-state index is 0.745. The molecule has 0 aliphatic rings. The van der Waals surface area contributed by atoms with E-state index in [9.17, 15) is 0 Å². The highest BCUT2D eigenvalue weighted by molar-refractivity contribution is 5.47. The molecule has 0 N–H and O–H groups in total. The van der Waals surface area contributed by atoms with Gasteiger partial charge in [0.25, 0.3) is 0 Å². The van der Waals surface area contributed by atoms with Crippen LogP contribution in [-0.2, 0) is 6.42 Å². The summed E-state index contributed by atoms with van der Waals surface area (Å²) in [7, 11) is 0. The zero-order valence-corrected chi connectivity index (χ0v) is 9.46. The molecule has 1 aromatic rings. The summed E-state index contributed by atoms with van der Waals surface area (Å²) in [6.45, 7) is 10.7. The maximum absolute atomic E-state index is 3.79. The highest BCUT2D eigenvalue weighted by Gasteiger charge is 2.07. The third-order valence-corrected chi connectivity index (χ3v) is 2.88. The van der Waals surface area contributed by atoms with E-state index in [0.29, 0.717) is 0 Å². The fraction of sp³-hybridized carbons (Fsp3) is 0.429. The molecule has 0 heteroatoms. The third kappa shape index (κ3) is 3.02. The second kappa shape index (κ2) is 4.99. The molecule has 0 aromatic heterocycles. The summed E-state index contributed by atoms with van der Waals surface area (Å²) in [4.78, 5) is 0. The molecule has 0 fully saturated rings. The lowest BCUT2D eigenvalue weighted by Crippen LogP contribution is -2.07. The van der Waals surface area contributed by atoms with E-state index in [4.69, 9.17) is 0 Å². The zero-order valence-electron chi connectivity index (χ0n) is 9.46. The Morgan fingerprint density at radius 3 is 2.57 bits per heavy atom. The first-order valence-electron chi connectivity index (χ1n) is 5.35. The lowest BCUT2D eigenvalue weighted by molar-refractivity contribution is 0.417. The van der Waals surface area contributed by atoms with E-state index in [1.54, 1.807) is 0 Å². The van der Waals surface area contributed by atoms with Gasteiger partial charge in [-0.15, -0.1) is 0 Å². The van der Waals surface area contributed by atoms with Gasteiger partial charge in [-0.05, 0) is 29.4 Å². The Bertz CT molecular complexity index is 297. The van der Waals surface area contributed by atoms with E-state index in [2.05, 4.69) is 51.6 Å². The van der Waals surface area contributed by atoms with Gasteiger partial charge in [0, 0.05) is 0 Å². The molecule has 0 aliphatic heterocycles. The summed E-state index contributed by atoms with van der Waals surface area (Å²) >= 11 is 0. The van der Waals surface area contributed by atoms with Crippen LogP contribution in [-0.4, -0.2) is 0 Å². The Balaban J connectivity index is 2.71. The molecule has 0 spiro atoms. The monoisotopic (exact) mass is 188 g/mol. The Morgan fingerprint density at radius 2 is 2.00 bits per heavy atom. The van der Waals surface area contributed by atoms with Gasteiger partial charge in [0.1, 0.15) is 0 Å². The van der Waals surface area contributed by atoms with Gasteiger partial charge in [-0.3, -0.25) is 0 Å². The van der Waals surface area contributed by atoms with Crippen molar-refractivity contribution in [3.63, 3.8) is 0 Å². The highest BCUT2D eigenvalue weighted by Crippen LogP contribution is 2.17. The van der Waals surface area contributed by atoms with E-state index in [0.717, 1.165) is 11.8 Å². The molecule has 0 nitrogen and oxygen atoms in total. The average Bonchev–Trinajstić information content (AvgIpc) is 2.18. The zero-order chi connectivity index (χ0) is 10.6. The molecule has 76 valence electrons. The van der Waals surface area contributed by atoms with Crippen molar-refractivity contribution in [3.05, 3.63) is 42.0 Å². The molecule has 0 saturated carbocycles. The maximum atomic E-state index is 3.79. The van der Waals surface area contributed by atoms with Gasteiger partial charge in [0.2, 0.25) is 0 Å². The molecule has 0 saturated heterocycles. The van der Waals surface area contributed by atoms with Crippen LogP contribution < -0.4 is 0 Å². The molecule has 1 atom stereocenters. The largest absolute Gasteiger partial charge is 0.0985 e. The van der Waals surface area contributed by atoms with Crippen LogP contribution in [0.5, 0.6) is 0 Å². The lowest BCUT2D eigenvalue weighted by Gasteiger charge is -2.15. The predicted molar refractivity (Wildman–Crippen MR) is 64.2 cm³/mol. The fourth-order valence-corrected chi connectivity index (χ4v) is 1.45. The molecule has 14 heavy (non-hydrogen) atoms. The van der Waals surface area contributed by atoms with E-state index in [1.807, 2.05) is 6.08 Å². The number of rotatable bonds is 4. The SMILES string of the molecule is C=Cc1cccc(CC(C)C(C)C)c1. The molecule has 0 amide bonds. The molecule has 1 rings (SSSR count). The summed E-state index contributed by atoms with van der Waals surface area (Å²) in [5, 5.41) is 0. The van der Waals surface area contributed by atoms with Crippen LogP contribution in [0.4, 0.5) is 0 Å². The molecular formula is C14H20. The Labute approximate surface area is 87.7 Å². The maximum Gasteiger partial charge on any atom is -0.0250 e. The summed E-state index contributed by atoms with van der Waals surface area (Å²) in [6.07, 6.45) is 3.07. The molecule has 0 aliphatic carbocycles. The molecule has 1 aromatic carbocycles. The topological polar surface area (TPSA) is 0 Å². The van der Waals surface area contributed by atoms with E-state index < -0.39 is 0 Å². The van der Waals surface area contributed by atoms with Crippen molar-refractivity contribution in [2.75, 3.05) is 0 Å². The second-order valence-electron chi connectivity index (χ2n) is 4.37. The third-order valence-electron chi connectivity index (χ3n) is 2.88. The second-order valence-corrected chi connectivity index (χ2v) is 4.37.